The minimum atomic E-state index is 0.319. The van der Waals surface area contributed by atoms with Crippen molar-refractivity contribution in [3.8, 4) is 5.75 Å². The van der Waals surface area contributed by atoms with Crippen molar-refractivity contribution in [1.29, 1.82) is 0 Å². The van der Waals surface area contributed by atoms with Crippen LogP contribution in [0.3, 0.4) is 0 Å². The third-order valence-corrected chi connectivity index (χ3v) is 6.00. The van der Waals surface area contributed by atoms with E-state index in [1.54, 1.807) is 0 Å². The Labute approximate surface area is 176 Å². The highest BCUT2D eigenvalue weighted by Gasteiger charge is 2.22. The van der Waals surface area contributed by atoms with Crippen molar-refractivity contribution in [2.24, 2.45) is 0 Å². The molecule has 0 bridgehead atoms. The number of halogens is 3. The summed E-state index contributed by atoms with van der Waals surface area (Å²) in [5.74, 6) is 0.793. The van der Waals surface area contributed by atoms with E-state index in [0.717, 1.165) is 30.0 Å². The van der Waals surface area contributed by atoms with Crippen molar-refractivity contribution >= 4 is 34.8 Å². The summed E-state index contributed by atoms with van der Waals surface area (Å²) in [6.45, 7) is 6.53. The van der Waals surface area contributed by atoms with Crippen molar-refractivity contribution in [2.45, 2.75) is 39.0 Å². The number of hydrogen-bond acceptors (Lipinski definition) is 3. The van der Waals surface area contributed by atoms with Crippen LogP contribution in [0.4, 0.5) is 0 Å². The number of nitrogens with zero attached hydrogens (tertiary/aromatic N) is 1. The summed E-state index contributed by atoms with van der Waals surface area (Å²) in [7, 11) is 0. The minimum absolute atomic E-state index is 0.319. The number of likely N-dealkylation sites (tertiary alicyclic amines) is 1. The Hall–Kier alpha value is -0.970. The predicted molar refractivity (Wildman–Crippen MR) is 114 cm³/mol. The molecule has 0 amide bonds. The molecule has 2 aromatic rings. The van der Waals surface area contributed by atoms with Gasteiger partial charge in [0.25, 0.3) is 0 Å². The van der Waals surface area contributed by atoms with Gasteiger partial charge in [0.15, 0.2) is 0 Å². The van der Waals surface area contributed by atoms with Crippen molar-refractivity contribution < 1.29 is 4.74 Å². The summed E-state index contributed by atoms with van der Waals surface area (Å²) in [5.41, 5.74) is 1.82. The SMILES string of the molecule is CCN1CCCC1CNCc1cc(Cl)ccc1OCc1c(Cl)cccc1Cl. The molecule has 1 N–H and O–H groups in total. The Bertz CT molecular complexity index is 749. The summed E-state index contributed by atoms with van der Waals surface area (Å²) in [5, 5.41) is 5.48. The van der Waals surface area contributed by atoms with Crippen LogP contribution in [0.1, 0.15) is 30.9 Å². The monoisotopic (exact) mass is 426 g/mol. The van der Waals surface area contributed by atoms with Crippen LogP contribution in [0.2, 0.25) is 15.1 Å². The van der Waals surface area contributed by atoms with E-state index in [1.165, 1.54) is 19.4 Å². The molecule has 0 spiro atoms. The first kappa shape index (κ1) is 20.8. The summed E-state index contributed by atoms with van der Waals surface area (Å²) in [6, 6.07) is 11.8. The van der Waals surface area contributed by atoms with Crippen LogP contribution in [0.15, 0.2) is 36.4 Å². The molecule has 1 unspecified atom stereocenters. The van der Waals surface area contributed by atoms with E-state index < -0.39 is 0 Å². The number of hydrogen-bond donors (Lipinski definition) is 1. The molecule has 3 nitrogen and oxygen atoms in total. The van der Waals surface area contributed by atoms with Gasteiger partial charge in [0.2, 0.25) is 0 Å². The van der Waals surface area contributed by atoms with Crippen LogP contribution in [0.5, 0.6) is 5.75 Å². The third-order valence-electron chi connectivity index (χ3n) is 5.06. The maximum absolute atomic E-state index is 6.24. The van der Waals surface area contributed by atoms with Crippen LogP contribution in [0.25, 0.3) is 0 Å². The van der Waals surface area contributed by atoms with Gasteiger partial charge < -0.3 is 10.1 Å². The highest BCUT2D eigenvalue weighted by atomic mass is 35.5. The van der Waals surface area contributed by atoms with E-state index in [-0.39, 0.29) is 0 Å². The fraction of sp³-hybridized carbons (Fsp3) is 0.429. The number of benzene rings is 2. The van der Waals surface area contributed by atoms with Crippen LogP contribution < -0.4 is 10.1 Å². The predicted octanol–water partition coefficient (Wildman–Crippen LogP) is 5.80. The van der Waals surface area contributed by atoms with E-state index >= 15 is 0 Å². The highest BCUT2D eigenvalue weighted by Crippen LogP contribution is 2.28. The molecule has 3 rings (SSSR count). The average Bonchev–Trinajstić information content (AvgIpc) is 3.10. The molecular formula is C21H25Cl3N2O. The van der Waals surface area contributed by atoms with Gasteiger partial charge in [-0.15, -0.1) is 0 Å². The van der Waals surface area contributed by atoms with E-state index in [4.69, 9.17) is 39.5 Å². The lowest BCUT2D eigenvalue weighted by Crippen LogP contribution is -2.37. The fourth-order valence-electron chi connectivity index (χ4n) is 3.56. The molecule has 27 heavy (non-hydrogen) atoms. The van der Waals surface area contributed by atoms with Crippen LogP contribution in [0, 0.1) is 0 Å². The second-order valence-electron chi connectivity index (χ2n) is 6.80. The number of rotatable bonds is 8. The Morgan fingerprint density at radius 2 is 1.93 bits per heavy atom. The molecule has 1 fully saturated rings. The second-order valence-corrected chi connectivity index (χ2v) is 8.05. The maximum Gasteiger partial charge on any atom is 0.124 e. The Kier molecular flexibility index (Phi) is 7.68. The van der Waals surface area contributed by atoms with E-state index in [1.807, 2.05) is 36.4 Å². The third kappa shape index (κ3) is 5.52. The Morgan fingerprint density at radius 3 is 2.67 bits per heavy atom. The zero-order chi connectivity index (χ0) is 19.2. The lowest BCUT2D eigenvalue weighted by Gasteiger charge is -2.23. The van der Waals surface area contributed by atoms with E-state index in [9.17, 15) is 0 Å². The van der Waals surface area contributed by atoms with E-state index in [0.29, 0.717) is 34.3 Å². The number of likely N-dealkylation sites (N-methyl/N-ethyl adjacent to an activating group) is 1. The average molecular weight is 428 g/mol. The summed E-state index contributed by atoms with van der Waals surface area (Å²) in [6.07, 6.45) is 2.54. The van der Waals surface area contributed by atoms with Gasteiger partial charge in [-0.1, -0.05) is 47.8 Å². The van der Waals surface area contributed by atoms with Gasteiger partial charge in [0, 0.05) is 45.3 Å². The number of nitrogens with one attached hydrogen (secondary N) is 1. The van der Waals surface area contributed by atoms with Gasteiger partial charge in [0.05, 0.1) is 0 Å². The van der Waals surface area contributed by atoms with Crippen molar-refractivity contribution in [3.05, 3.63) is 62.6 Å². The molecule has 1 heterocycles. The normalized spacial score (nSPS) is 17.4. The largest absolute Gasteiger partial charge is 0.488 e. The summed E-state index contributed by atoms with van der Waals surface area (Å²) >= 11 is 18.7. The molecule has 0 radical (unpaired) electrons. The molecule has 146 valence electrons. The number of ether oxygens (including phenoxy) is 1. The lowest BCUT2D eigenvalue weighted by atomic mass is 10.1. The Morgan fingerprint density at radius 1 is 1.15 bits per heavy atom. The standard InChI is InChI=1S/C21H25Cl3N2O/c1-2-26-10-4-5-17(26)13-25-12-15-11-16(22)8-9-21(15)27-14-18-19(23)6-3-7-20(18)24/h3,6-9,11,17,25H,2,4-5,10,12-14H2,1H3. The first-order chi connectivity index (χ1) is 13.1. The first-order valence-electron chi connectivity index (χ1n) is 9.37. The van der Waals surface area contributed by atoms with Crippen LogP contribution >= 0.6 is 34.8 Å². The van der Waals surface area contributed by atoms with Crippen molar-refractivity contribution in [1.82, 2.24) is 10.2 Å². The topological polar surface area (TPSA) is 24.5 Å². The molecular weight excluding hydrogens is 403 g/mol. The molecule has 6 heteroatoms. The van der Waals surface area contributed by atoms with Gasteiger partial charge >= 0.3 is 0 Å². The summed E-state index contributed by atoms with van der Waals surface area (Å²) in [4.78, 5) is 2.53. The molecule has 1 aliphatic rings. The molecule has 2 aromatic carbocycles. The van der Waals surface area contributed by atoms with Gasteiger partial charge in [-0.25, -0.2) is 0 Å². The molecule has 1 aliphatic heterocycles. The van der Waals surface area contributed by atoms with Gasteiger partial charge in [-0.05, 0) is 56.3 Å². The highest BCUT2D eigenvalue weighted by molar-refractivity contribution is 6.36. The fourth-order valence-corrected chi connectivity index (χ4v) is 4.26. The molecule has 0 aromatic heterocycles. The molecule has 1 saturated heterocycles. The zero-order valence-corrected chi connectivity index (χ0v) is 17.7. The molecule has 0 saturated carbocycles. The van der Waals surface area contributed by atoms with Gasteiger partial charge in [-0.2, -0.15) is 0 Å². The quantitative estimate of drug-likeness (QED) is 0.576. The molecule has 0 aliphatic carbocycles. The molecule has 1 atom stereocenters. The second kappa shape index (κ2) is 9.99. The Balaban J connectivity index is 1.62. The van der Waals surface area contributed by atoms with Gasteiger partial charge in [-0.3, -0.25) is 4.90 Å². The van der Waals surface area contributed by atoms with Crippen molar-refractivity contribution in [3.63, 3.8) is 0 Å². The smallest absolute Gasteiger partial charge is 0.124 e. The first-order valence-corrected chi connectivity index (χ1v) is 10.5. The summed E-state index contributed by atoms with van der Waals surface area (Å²) < 4.78 is 6.03. The van der Waals surface area contributed by atoms with Crippen LogP contribution in [-0.2, 0) is 13.2 Å². The van der Waals surface area contributed by atoms with Crippen LogP contribution in [-0.4, -0.2) is 30.6 Å². The van der Waals surface area contributed by atoms with Gasteiger partial charge in [0.1, 0.15) is 12.4 Å². The minimum Gasteiger partial charge on any atom is -0.488 e. The zero-order valence-electron chi connectivity index (χ0n) is 15.5. The maximum atomic E-state index is 6.24. The van der Waals surface area contributed by atoms with Crippen molar-refractivity contribution in [2.75, 3.05) is 19.6 Å². The van der Waals surface area contributed by atoms with E-state index in [2.05, 4.69) is 17.1 Å². The lowest BCUT2D eigenvalue weighted by molar-refractivity contribution is 0.259.